The van der Waals surface area contributed by atoms with Gasteiger partial charge in [-0.1, -0.05) is 23.7 Å². The van der Waals surface area contributed by atoms with Crippen molar-refractivity contribution in [2.75, 3.05) is 13.7 Å². The van der Waals surface area contributed by atoms with E-state index in [1.165, 1.54) is 23.3 Å². The number of methoxy groups -OCH3 is 1. The molecule has 5 heteroatoms. The zero-order valence-electron chi connectivity index (χ0n) is 15.3. The average molecular weight is 374 g/mol. The second-order valence-corrected chi connectivity index (χ2v) is 7.41. The molecule has 0 heterocycles. The minimum Gasteiger partial charge on any atom is -0.497 e. The fraction of sp³-hybridized carbons (Fsp3) is 0.381. The molecule has 1 aliphatic carbocycles. The van der Waals surface area contributed by atoms with E-state index in [0.29, 0.717) is 17.6 Å². The summed E-state index contributed by atoms with van der Waals surface area (Å²) in [7, 11) is 1.67. The van der Waals surface area contributed by atoms with Crippen LogP contribution in [0.1, 0.15) is 36.9 Å². The zero-order valence-corrected chi connectivity index (χ0v) is 16.1. The van der Waals surface area contributed by atoms with Gasteiger partial charge in [0.15, 0.2) is 6.54 Å². The molecule has 1 fully saturated rings. The summed E-state index contributed by atoms with van der Waals surface area (Å²) in [5.41, 5.74) is 2.29. The molecule has 1 aliphatic rings. The van der Waals surface area contributed by atoms with Crippen LogP contribution in [-0.4, -0.2) is 25.6 Å². The molecule has 0 bridgehead atoms. The van der Waals surface area contributed by atoms with Crippen molar-refractivity contribution < 1.29 is 14.4 Å². The number of quaternary nitrogens is 1. The minimum atomic E-state index is -0.0267. The van der Waals surface area contributed by atoms with E-state index >= 15 is 0 Å². The van der Waals surface area contributed by atoms with E-state index in [1.807, 2.05) is 43.3 Å². The van der Waals surface area contributed by atoms with Crippen LogP contribution in [0.4, 0.5) is 0 Å². The maximum atomic E-state index is 12.5. The summed E-state index contributed by atoms with van der Waals surface area (Å²) in [4.78, 5) is 13.9. The summed E-state index contributed by atoms with van der Waals surface area (Å²) in [6.45, 7) is 3.35. The second kappa shape index (κ2) is 8.56. The van der Waals surface area contributed by atoms with Gasteiger partial charge in [-0.15, -0.1) is 0 Å². The SMILES string of the molecule is COc1ccc(C[NH+](CC(=O)N[C@H](C)c2ccc(Cl)cc2)C2CC2)cc1. The fourth-order valence-corrected chi connectivity index (χ4v) is 3.31. The number of nitrogens with one attached hydrogen (secondary N) is 2. The predicted molar refractivity (Wildman–Crippen MR) is 104 cm³/mol. The van der Waals surface area contributed by atoms with Crippen LogP contribution >= 0.6 is 11.6 Å². The third-order valence-electron chi connectivity index (χ3n) is 4.88. The molecule has 1 unspecified atom stereocenters. The normalized spacial score (nSPS) is 16.0. The van der Waals surface area contributed by atoms with Gasteiger partial charge in [-0.3, -0.25) is 4.79 Å². The van der Waals surface area contributed by atoms with Gasteiger partial charge in [0, 0.05) is 23.4 Å². The molecule has 1 saturated carbocycles. The monoisotopic (exact) mass is 373 g/mol. The Labute approximate surface area is 160 Å². The van der Waals surface area contributed by atoms with Crippen LogP contribution in [0.2, 0.25) is 5.02 Å². The Balaban J connectivity index is 1.56. The Morgan fingerprint density at radius 2 is 1.85 bits per heavy atom. The van der Waals surface area contributed by atoms with Crippen molar-refractivity contribution in [2.45, 2.75) is 38.4 Å². The molecule has 0 spiro atoms. The molecule has 4 nitrogen and oxygen atoms in total. The number of rotatable bonds is 8. The van der Waals surface area contributed by atoms with Crippen molar-refractivity contribution in [2.24, 2.45) is 0 Å². The van der Waals surface area contributed by atoms with Crippen LogP contribution in [0.25, 0.3) is 0 Å². The fourth-order valence-electron chi connectivity index (χ4n) is 3.18. The lowest BCUT2D eigenvalue weighted by Crippen LogP contribution is -3.13. The van der Waals surface area contributed by atoms with E-state index in [-0.39, 0.29) is 11.9 Å². The first-order valence-electron chi connectivity index (χ1n) is 9.07. The standard InChI is InChI=1S/C21H25ClN2O2/c1-15(17-5-7-18(22)8-6-17)23-21(25)14-24(19-9-10-19)13-16-3-11-20(26-2)12-4-16/h3-8,11-12,15,19H,9-10,13-14H2,1-2H3,(H,23,25)/p+1/t15-/m1/s1. The van der Waals surface area contributed by atoms with Crippen molar-refractivity contribution >= 4 is 17.5 Å². The first-order valence-corrected chi connectivity index (χ1v) is 9.45. The largest absolute Gasteiger partial charge is 0.497 e. The van der Waals surface area contributed by atoms with Crippen molar-refractivity contribution in [1.29, 1.82) is 0 Å². The van der Waals surface area contributed by atoms with Gasteiger partial charge in [0.25, 0.3) is 5.91 Å². The summed E-state index contributed by atoms with van der Waals surface area (Å²) in [5.74, 6) is 0.944. The molecule has 2 atom stereocenters. The van der Waals surface area contributed by atoms with Gasteiger partial charge in [-0.05, 0) is 48.9 Å². The lowest BCUT2D eigenvalue weighted by molar-refractivity contribution is -0.917. The highest BCUT2D eigenvalue weighted by Crippen LogP contribution is 2.17. The molecule has 0 saturated heterocycles. The molecule has 2 aromatic carbocycles. The maximum absolute atomic E-state index is 12.5. The van der Waals surface area contributed by atoms with E-state index in [0.717, 1.165) is 17.9 Å². The Bertz CT molecular complexity index is 727. The van der Waals surface area contributed by atoms with E-state index < -0.39 is 0 Å². The molecular formula is C21H26ClN2O2+. The third-order valence-corrected chi connectivity index (χ3v) is 5.13. The Morgan fingerprint density at radius 1 is 1.19 bits per heavy atom. The average Bonchev–Trinajstić information content (AvgIpc) is 3.47. The van der Waals surface area contributed by atoms with Crippen LogP contribution in [0, 0.1) is 0 Å². The number of benzene rings is 2. The molecule has 2 aromatic rings. The van der Waals surface area contributed by atoms with Crippen molar-refractivity contribution in [3.8, 4) is 5.75 Å². The van der Waals surface area contributed by atoms with Crippen LogP contribution in [-0.2, 0) is 11.3 Å². The van der Waals surface area contributed by atoms with Crippen LogP contribution in [0.5, 0.6) is 5.75 Å². The van der Waals surface area contributed by atoms with Crippen molar-refractivity contribution in [1.82, 2.24) is 5.32 Å². The van der Waals surface area contributed by atoms with E-state index in [2.05, 4.69) is 17.4 Å². The molecule has 3 rings (SSSR count). The van der Waals surface area contributed by atoms with Crippen molar-refractivity contribution in [3.05, 3.63) is 64.7 Å². The maximum Gasteiger partial charge on any atom is 0.275 e. The molecule has 0 radical (unpaired) electrons. The predicted octanol–water partition coefficient (Wildman–Crippen LogP) is 2.77. The number of amides is 1. The first kappa shape index (κ1) is 18.7. The molecular weight excluding hydrogens is 348 g/mol. The van der Waals surface area contributed by atoms with Crippen LogP contribution in [0.3, 0.4) is 0 Å². The number of carbonyl (C=O) groups excluding carboxylic acids is 1. The number of hydrogen-bond acceptors (Lipinski definition) is 2. The smallest absolute Gasteiger partial charge is 0.275 e. The number of ether oxygens (including phenoxy) is 1. The number of halogens is 1. The highest BCUT2D eigenvalue weighted by atomic mass is 35.5. The summed E-state index contributed by atoms with van der Waals surface area (Å²) in [6.07, 6.45) is 2.40. The lowest BCUT2D eigenvalue weighted by Gasteiger charge is -2.21. The van der Waals surface area contributed by atoms with Gasteiger partial charge in [0.2, 0.25) is 0 Å². The van der Waals surface area contributed by atoms with Gasteiger partial charge < -0.3 is 15.0 Å². The first-order chi connectivity index (χ1) is 12.5. The van der Waals surface area contributed by atoms with E-state index in [4.69, 9.17) is 16.3 Å². The van der Waals surface area contributed by atoms with Gasteiger partial charge in [0.1, 0.15) is 12.3 Å². The van der Waals surface area contributed by atoms with Gasteiger partial charge >= 0.3 is 0 Å². The zero-order chi connectivity index (χ0) is 18.5. The third kappa shape index (κ3) is 5.23. The molecule has 2 N–H and O–H groups in total. The number of hydrogen-bond donors (Lipinski definition) is 2. The van der Waals surface area contributed by atoms with Crippen LogP contribution in [0.15, 0.2) is 48.5 Å². The molecule has 0 aliphatic heterocycles. The van der Waals surface area contributed by atoms with Crippen molar-refractivity contribution in [3.63, 3.8) is 0 Å². The molecule has 0 aromatic heterocycles. The highest BCUT2D eigenvalue weighted by Gasteiger charge is 2.34. The summed E-state index contributed by atoms with van der Waals surface area (Å²) >= 11 is 5.93. The molecule has 1 amide bonds. The van der Waals surface area contributed by atoms with Gasteiger partial charge in [0.05, 0.1) is 19.2 Å². The minimum absolute atomic E-state index is 0.0267. The lowest BCUT2D eigenvalue weighted by atomic mass is 10.1. The molecule has 138 valence electrons. The quantitative estimate of drug-likeness (QED) is 0.747. The molecule has 26 heavy (non-hydrogen) atoms. The van der Waals surface area contributed by atoms with Gasteiger partial charge in [-0.25, -0.2) is 0 Å². The van der Waals surface area contributed by atoms with Crippen LogP contribution < -0.4 is 15.0 Å². The Morgan fingerprint density at radius 3 is 2.42 bits per heavy atom. The summed E-state index contributed by atoms with van der Waals surface area (Å²) < 4.78 is 5.21. The highest BCUT2D eigenvalue weighted by molar-refractivity contribution is 6.30. The Kier molecular flexibility index (Phi) is 6.17. The second-order valence-electron chi connectivity index (χ2n) is 6.97. The van der Waals surface area contributed by atoms with E-state index in [1.54, 1.807) is 7.11 Å². The topological polar surface area (TPSA) is 42.8 Å². The summed E-state index contributed by atoms with van der Waals surface area (Å²) in [6, 6.07) is 16.3. The van der Waals surface area contributed by atoms with Gasteiger partial charge in [-0.2, -0.15) is 0 Å². The number of carbonyl (C=O) groups is 1. The Hall–Kier alpha value is -2.04. The summed E-state index contributed by atoms with van der Waals surface area (Å²) in [5, 5.41) is 3.81. The van der Waals surface area contributed by atoms with E-state index in [9.17, 15) is 4.79 Å².